The second-order valence-corrected chi connectivity index (χ2v) is 14.1. The number of phosphoric acid groups is 1. The summed E-state index contributed by atoms with van der Waals surface area (Å²) in [6.45, 7) is 3.37. The molecule has 10 heteroatoms. The predicted molar refractivity (Wildman–Crippen MR) is 216 cm³/mol. The van der Waals surface area contributed by atoms with E-state index in [0.717, 1.165) is 83.5 Å². The number of carbonyl (C=O) groups excluding carboxylic acids is 3. The maximum Gasteiger partial charge on any atom is 0.469 e. The fourth-order valence-corrected chi connectivity index (χ4v) is 5.27. The first kappa shape index (κ1) is 49.9. The fraction of sp³-hybridized carbons (Fsp3) is 0.605. The van der Waals surface area contributed by atoms with Crippen LogP contribution in [0, 0.1) is 0 Å². The quantitative estimate of drug-likeness (QED) is 0.0161. The van der Waals surface area contributed by atoms with Gasteiger partial charge in [0.15, 0.2) is 11.9 Å². The molecule has 0 bridgehead atoms. The van der Waals surface area contributed by atoms with E-state index in [-0.39, 0.29) is 25.2 Å². The molecular formula is C43H69O9P. The standard InChI is InChI=1S/C43H69O9P/c1-3-5-7-9-11-12-13-14-15-16-17-18-19-20-21-22-24-28-32-36-42(45)50-38-41(39-51-53(47,48)49)52-43(46)37-33-29-25-27-31-35-40(44)34-30-26-23-10-8-6-4-2/h5,7,11-12,14-15,17-18,20-21,23,26,30,34,41H,3-4,6,8-10,13,16,19,22,24-25,27-29,31-33,35-39H2,1-2H3,(H2,47,48,49)/b7-5-,12-11-,15-14-,18-17-,21-20-,26-23-,34-30+/t41-/m1/s1. The van der Waals surface area contributed by atoms with E-state index in [1.807, 2.05) is 6.08 Å². The Bertz CT molecular complexity index is 1190. The van der Waals surface area contributed by atoms with Crippen LogP contribution in [-0.4, -0.2) is 46.8 Å². The van der Waals surface area contributed by atoms with E-state index in [0.29, 0.717) is 19.3 Å². The van der Waals surface area contributed by atoms with E-state index in [9.17, 15) is 18.9 Å². The Morgan fingerprint density at radius 3 is 1.68 bits per heavy atom. The highest BCUT2D eigenvalue weighted by atomic mass is 31.2. The van der Waals surface area contributed by atoms with E-state index in [1.54, 1.807) is 12.2 Å². The van der Waals surface area contributed by atoms with Crippen LogP contribution in [0.3, 0.4) is 0 Å². The van der Waals surface area contributed by atoms with Crippen LogP contribution < -0.4 is 0 Å². The molecule has 0 rings (SSSR count). The van der Waals surface area contributed by atoms with Gasteiger partial charge in [0.05, 0.1) is 6.61 Å². The molecular weight excluding hydrogens is 691 g/mol. The summed E-state index contributed by atoms with van der Waals surface area (Å²) in [5.74, 6) is -0.920. The van der Waals surface area contributed by atoms with Gasteiger partial charge in [-0.1, -0.05) is 131 Å². The monoisotopic (exact) mass is 760 g/mol. The van der Waals surface area contributed by atoms with Crippen LogP contribution in [0.5, 0.6) is 0 Å². The van der Waals surface area contributed by atoms with Gasteiger partial charge in [-0.05, 0) is 83.1 Å². The van der Waals surface area contributed by atoms with Crippen molar-refractivity contribution in [1.29, 1.82) is 0 Å². The number of ether oxygens (including phenoxy) is 2. The lowest BCUT2D eigenvalue weighted by Crippen LogP contribution is -2.29. The molecule has 0 saturated heterocycles. The highest BCUT2D eigenvalue weighted by molar-refractivity contribution is 7.46. The Kier molecular flexibility index (Phi) is 35.0. The second-order valence-electron chi connectivity index (χ2n) is 12.9. The van der Waals surface area contributed by atoms with Crippen molar-refractivity contribution in [2.24, 2.45) is 0 Å². The minimum atomic E-state index is -4.80. The number of hydrogen-bond donors (Lipinski definition) is 2. The molecule has 0 spiro atoms. The highest BCUT2D eigenvalue weighted by Crippen LogP contribution is 2.36. The topological polar surface area (TPSA) is 136 Å². The zero-order chi connectivity index (χ0) is 39.1. The zero-order valence-electron chi connectivity index (χ0n) is 32.6. The summed E-state index contributed by atoms with van der Waals surface area (Å²) >= 11 is 0. The lowest BCUT2D eigenvalue weighted by atomic mass is 10.1. The lowest BCUT2D eigenvalue weighted by Gasteiger charge is -2.18. The minimum Gasteiger partial charge on any atom is -0.462 e. The average Bonchev–Trinajstić information content (AvgIpc) is 3.12. The Labute approximate surface area is 320 Å². The first-order valence-electron chi connectivity index (χ1n) is 19.8. The van der Waals surface area contributed by atoms with Gasteiger partial charge in [-0.3, -0.25) is 18.9 Å². The molecule has 1 atom stereocenters. The molecule has 0 aromatic carbocycles. The van der Waals surface area contributed by atoms with Crippen molar-refractivity contribution in [3.8, 4) is 0 Å². The first-order valence-corrected chi connectivity index (χ1v) is 21.4. The Balaban J connectivity index is 4.12. The van der Waals surface area contributed by atoms with Crippen molar-refractivity contribution in [3.05, 3.63) is 85.1 Å². The van der Waals surface area contributed by atoms with Crippen LogP contribution in [0.2, 0.25) is 0 Å². The number of unbranched alkanes of at least 4 members (excludes halogenated alkanes) is 10. The van der Waals surface area contributed by atoms with Gasteiger partial charge in [-0.25, -0.2) is 4.57 Å². The molecule has 2 N–H and O–H groups in total. The van der Waals surface area contributed by atoms with Crippen molar-refractivity contribution < 1.29 is 42.7 Å². The van der Waals surface area contributed by atoms with Crippen LogP contribution in [0.25, 0.3) is 0 Å². The molecule has 0 saturated carbocycles. The van der Waals surface area contributed by atoms with Crippen molar-refractivity contribution in [2.75, 3.05) is 13.2 Å². The molecule has 0 aromatic heterocycles. The molecule has 300 valence electrons. The Morgan fingerprint density at radius 2 is 1.08 bits per heavy atom. The van der Waals surface area contributed by atoms with Crippen LogP contribution in [-0.2, 0) is 32.9 Å². The predicted octanol–water partition coefficient (Wildman–Crippen LogP) is 11.2. The van der Waals surface area contributed by atoms with E-state index in [4.69, 9.17) is 19.3 Å². The molecule has 0 aliphatic carbocycles. The van der Waals surface area contributed by atoms with Gasteiger partial charge in [-0.2, -0.15) is 0 Å². The van der Waals surface area contributed by atoms with Crippen molar-refractivity contribution in [3.63, 3.8) is 0 Å². The number of hydrogen-bond acceptors (Lipinski definition) is 7. The normalized spacial score (nSPS) is 13.3. The van der Waals surface area contributed by atoms with Gasteiger partial charge in [-0.15, -0.1) is 0 Å². The highest BCUT2D eigenvalue weighted by Gasteiger charge is 2.22. The Morgan fingerprint density at radius 1 is 0.566 bits per heavy atom. The average molecular weight is 761 g/mol. The SMILES string of the molecule is CC/C=C\C/C=C\C/C=C\C/C=C\C/C=C\CCCCCC(=O)OC[C@H](COP(=O)(O)O)OC(=O)CCCCCCCC(=O)/C=C/C=C\CCCCC. The molecule has 0 aromatic rings. The van der Waals surface area contributed by atoms with Gasteiger partial charge in [0.1, 0.15) is 6.61 Å². The molecule has 0 aliphatic heterocycles. The maximum absolute atomic E-state index is 12.4. The second kappa shape index (κ2) is 37.2. The van der Waals surface area contributed by atoms with Crippen LogP contribution in [0.1, 0.15) is 149 Å². The summed E-state index contributed by atoms with van der Waals surface area (Å²) in [6.07, 6.45) is 45.5. The van der Waals surface area contributed by atoms with Crippen LogP contribution in [0.4, 0.5) is 0 Å². The Hall–Kier alpha value is -3.10. The molecule has 0 radical (unpaired) electrons. The summed E-state index contributed by atoms with van der Waals surface area (Å²) in [5, 5.41) is 0. The van der Waals surface area contributed by atoms with Crippen molar-refractivity contribution in [1.82, 2.24) is 0 Å². The maximum atomic E-state index is 12.4. The van der Waals surface area contributed by atoms with Crippen molar-refractivity contribution >= 4 is 25.5 Å². The molecule has 9 nitrogen and oxygen atoms in total. The number of esters is 2. The van der Waals surface area contributed by atoms with Crippen molar-refractivity contribution in [2.45, 2.75) is 155 Å². The smallest absolute Gasteiger partial charge is 0.462 e. The van der Waals surface area contributed by atoms with E-state index in [1.165, 1.54) is 19.3 Å². The molecule has 0 aliphatic rings. The summed E-state index contributed by atoms with van der Waals surface area (Å²) < 4.78 is 26.2. The number of phosphoric ester groups is 1. The number of allylic oxidation sites excluding steroid dienone is 14. The van der Waals surface area contributed by atoms with E-state index in [2.05, 4.69) is 85.2 Å². The third-order valence-electron chi connectivity index (χ3n) is 7.87. The van der Waals surface area contributed by atoms with E-state index < -0.39 is 32.5 Å². The van der Waals surface area contributed by atoms with Gasteiger partial charge in [0, 0.05) is 19.3 Å². The molecule has 0 unspecified atom stereocenters. The molecule has 0 heterocycles. The third kappa shape index (κ3) is 39.9. The summed E-state index contributed by atoms with van der Waals surface area (Å²) in [6, 6.07) is 0. The molecule has 0 amide bonds. The fourth-order valence-electron chi connectivity index (χ4n) is 4.91. The number of ketones is 1. The van der Waals surface area contributed by atoms with Gasteiger partial charge >= 0.3 is 19.8 Å². The van der Waals surface area contributed by atoms with Crippen LogP contribution >= 0.6 is 7.82 Å². The lowest BCUT2D eigenvalue weighted by molar-refractivity contribution is -0.161. The van der Waals surface area contributed by atoms with Crippen LogP contribution in [0.15, 0.2) is 85.1 Å². The number of carbonyl (C=O) groups is 3. The molecule has 0 fully saturated rings. The van der Waals surface area contributed by atoms with Gasteiger partial charge in [0.2, 0.25) is 0 Å². The van der Waals surface area contributed by atoms with E-state index >= 15 is 0 Å². The zero-order valence-corrected chi connectivity index (χ0v) is 33.5. The summed E-state index contributed by atoms with van der Waals surface area (Å²) in [4.78, 5) is 54.7. The summed E-state index contributed by atoms with van der Waals surface area (Å²) in [5.41, 5.74) is 0. The largest absolute Gasteiger partial charge is 0.469 e. The third-order valence-corrected chi connectivity index (χ3v) is 8.36. The number of rotatable bonds is 35. The molecule has 53 heavy (non-hydrogen) atoms. The van der Waals surface area contributed by atoms with Gasteiger partial charge in [0.25, 0.3) is 0 Å². The summed E-state index contributed by atoms with van der Waals surface area (Å²) in [7, 11) is -4.80. The van der Waals surface area contributed by atoms with Gasteiger partial charge < -0.3 is 19.3 Å². The minimum absolute atomic E-state index is 0.105. The first-order chi connectivity index (χ1) is 25.7.